The van der Waals surface area contributed by atoms with Crippen molar-refractivity contribution in [2.24, 2.45) is 0 Å². The molecule has 11 aromatic carbocycles. The number of furan rings is 1. The highest BCUT2D eigenvalue weighted by molar-refractivity contribution is 6.15. The predicted molar refractivity (Wildman–Crippen MR) is 274 cm³/mol. The summed E-state index contributed by atoms with van der Waals surface area (Å²) in [5.74, 6) is 0. The summed E-state index contributed by atoms with van der Waals surface area (Å²) in [5.41, 5.74) is 15.5. The molecule has 0 saturated carbocycles. The van der Waals surface area contributed by atoms with Crippen LogP contribution in [0.1, 0.15) is 0 Å². The number of anilines is 3. The quantitative estimate of drug-likeness (QED) is 0.149. The zero-order valence-electron chi connectivity index (χ0n) is 35.4. The van der Waals surface area contributed by atoms with Crippen LogP contribution in [0.2, 0.25) is 0 Å². The van der Waals surface area contributed by atoms with Crippen LogP contribution in [0.4, 0.5) is 17.1 Å². The van der Waals surface area contributed by atoms with Crippen molar-refractivity contribution in [1.82, 2.24) is 4.57 Å². The molecule has 0 unspecified atom stereocenters. The highest BCUT2D eigenvalue weighted by Crippen LogP contribution is 2.45. The first-order chi connectivity index (χ1) is 32.2. The van der Waals surface area contributed by atoms with Crippen LogP contribution in [-0.2, 0) is 0 Å². The van der Waals surface area contributed by atoms with E-state index < -0.39 is 0 Å². The monoisotopic (exact) mass is 828 g/mol. The number of hydrogen-bond donors (Lipinski definition) is 0. The van der Waals surface area contributed by atoms with Gasteiger partial charge in [0.2, 0.25) is 0 Å². The van der Waals surface area contributed by atoms with E-state index in [0.717, 1.165) is 72.5 Å². The van der Waals surface area contributed by atoms with E-state index >= 15 is 0 Å². The Balaban J connectivity index is 0.954. The molecule has 2 aromatic heterocycles. The minimum absolute atomic E-state index is 0.902. The minimum Gasteiger partial charge on any atom is -0.455 e. The second-order valence-corrected chi connectivity index (χ2v) is 16.8. The Kier molecular flexibility index (Phi) is 8.53. The third-order valence-corrected chi connectivity index (χ3v) is 13.2. The van der Waals surface area contributed by atoms with Crippen LogP contribution < -0.4 is 4.90 Å². The Morgan fingerprint density at radius 2 is 0.892 bits per heavy atom. The van der Waals surface area contributed by atoms with Crippen molar-refractivity contribution in [3.63, 3.8) is 0 Å². The summed E-state index contributed by atoms with van der Waals surface area (Å²) in [6.45, 7) is 0. The fraction of sp³-hybridized carbons (Fsp3) is 0. The predicted octanol–water partition coefficient (Wildman–Crippen LogP) is 17.5. The number of hydrogen-bond acceptors (Lipinski definition) is 2. The van der Waals surface area contributed by atoms with Gasteiger partial charge < -0.3 is 13.9 Å². The van der Waals surface area contributed by atoms with E-state index in [-0.39, 0.29) is 0 Å². The van der Waals surface area contributed by atoms with E-state index in [1.165, 1.54) is 48.9 Å². The number of fused-ring (bicyclic) bond motifs is 9. The van der Waals surface area contributed by atoms with Gasteiger partial charge in [0.25, 0.3) is 0 Å². The lowest BCUT2D eigenvalue weighted by molar-refractivity contribution is 0.670. The van der Waals surface area contributed by atoms with Gasteiger partial charge in [0.15, 0.2) is 0 Å². The first kappa shape index (κ1) is 36.9. The third-order valence-electron chi connectivity index (χ3n) is 13.2. The molecule has 0 aliphatic heterocycles. The van der Waals surface area contributed by atoms with Crippen molar-refractivity contribution in [3.05, 3.63) is 243 Å². The Morgan fingerprint density at radius 1 is 0.323 bits per heavy atom. The molecular formula is C62H40N2O. The van der Waals surface area contributed by atoms with Gasteiger partial charge in [-0.25, -0.2) is 0 Å². The topological polar surface area (TPSA) is 21.3 Å². The average molecular weight is 829 g/mol. The lowest BCUT2D eigenvalue weighted by Crippen LogP contribution is -2.10. The molecule has 0 spiro atoms. The van der Waals surface area contributed by atoms with Gasteiger partial charge in [0.1, 0.15) is 11.2 Å². The summed E-state index contributed by atoms with van der Waals surface area (Å²) < 4.78 is 8.90. The summed E-state index contributed by atoms with van der Waals surface area (Å²) >= 11 is 0. The zero-order chi connectivity index (χ0) is 42.8. The fourth-order valence-electron chi connectivity index (χ4n) is 10.2. The number of aromatic nitrogens is 1. The van der Waals surface area contributed by atoms with Crippen LogP contribution in [0.25, 0.3) is 104 Å². The first-order valence-corrected chi connectivity index (χ1v) is 22.2. The standard InChI is InChI=1S/C62H40N2O/c1-2-21-48-45(16-1)40-60(52-24-4-3-23-51(48)52)63(46-36-34-41(35-37-46)50-28-15-29-56-55-27-8-12-33-61(55)65-62(50)56)47-20-14-18-43(39-47)42-17-13-19-44(38-42)49-22-5-9-30-57(49)64-58-31-10-6-25-53(58)54-26-7-11-32-59(54)64/h1-40H. The molecule has 0 amide bonds. The van der Waals surface area contributed by atoms with E-state index in [9.17, 15) is 0 Å². The Labute approximate surface area is 376 Å². The molecule has 0 bridgehead atoms. The number of rotatable bonds is 7. The van der Waals surface area contributed by atoms with Gasteiger partial charge in [-0.15, -0.1) is 0 Å². The molecule has 0 N–H and O–H groups in total. The van der Waals surface area contributed by atoms with Crippen LogP contribution in [0.15, 0.2) is 247 Å². The third kappa shape index (κ3) is 6.05. The summed E-state index contributed by atoms with van der Waals surface area (Å²) in [4.78, 5) is 2.42. The molecule has 0 atom stereocenters. The lowest BCUT2D eigenvalue weighted by atomic mass is 9.96. The van der Waals surface area contributed by atoms with Gasteiger partial charge in [0.05, 0.1) is 22.4 Å². The molecule has 0 aliphatic rings. The van der Waals surface area contributed by atoms with E-state index in [4.69, 9.17) is 4.42 Å². The fourth-order valence-corrected chi connectivity index (χ4v) is 10.2. The lowest BCUT2D eigenvalue weighted by Gasteiger charge is -2.28. The van der Waals surface area contributed by atoms with Crippen molar-refractivity contribution in [2.75, 3.05) is 4.90 Å². The van der Waals surface area contributed by atoms with Crippen molar-refractivity contribution < 1.29 is 4.42 Å². The van der Waals surface area contributed by atoms with Gasteiger partial charge in [-0.2, -0.15) is 0 Å². The Bertz CT molecular complexity index is 3910. The molecule has 304 valence electrons. The molecule has 3 nitrogen and oxygen atoms in total. The maximum atomic E-state index is 6.48. The largest absolute Gasteiger partial charge is 0.455 e. The second kappa shape index (κ2) is 15.0. The average Bonchev–Trinajstić information content (AvgIpc) is 3.93. The zero-order valence-corrected chi connectivity index (χ0v) is 35.4. The molecule has 13 rings (SSSR count). The molecule has 2 heterocycles. The van der Waals surface area contributed by atoms with Crippen molar-refractivity contribution in [2.45, 2.75) is 0 Å². The molecule has 0 saturated heterocycles. The summed E-state index contributed by atoms with van der Waals surface area (Å²) in [6, 6.07) is 87.8. The van der Waals surface area contributed by atoms with Crippen LogP contribution in [0.3, 0.4) is 0 Å². The summed E-state index contributed by atoms with van der Waals surface area (Å²) in [7, 11) is 0. The normalized spacial score (nSPS) is 11.7. The van der Waals surface area contributed by atoms with Crippen LogP contribution in [0.5, 0.6) is 0 Å². The molecule has 0 fully saturated rings. The highest BCUT2D eigenvalue weighted by Gasteiger charge is 2.20. The van der Waals surface area contributed by atoms with Gasteiger partial charge in [-0.1, -0.05) is 182 Å². The number of nitrogens with zero attached hydrogens (tertiary/aromatic N) is 2. The molecule has 0 radical (unpaired) electrons. The van der Waals surface area contributed by atoms with Crippen molar-refractivity contribution >= 4 is 82.4 Å². The van der Waals surface area contributed by atoms with Crippen LogP contribution in [0, 0.1) is 0 Å². The van der Waals surface area contributed by atoms with E-state index in [0.29, 0.717) is 0 Å². The molecule has 65 heavy (non-hydrogen) atoms. The number of para-hydroxylation sites is 5. The molecule has 13 aromatic rings. The Hall–Kier alpha value is -8.66. The van der Waals surface area contributed by atoms with Crippen LogP contribution >= 0.6 is 0 Å². The summed E-state index contributed by atoms with van der Waals surface area (Å²) in [5, 5.41) is 9.63. The summed E-state index contributed by atoms with van der Waals surface area (Å²) in [6.07, 6.45) is 0. The highest BCUT2D eigenvalue weighted by atomic mass is 16.3. The van der Waals surface area contributed by atoms with Crippen molar-refractivity contribution in [1.29, 1.82) is 0 Å². The SMILES string of the molecule is c1cc(-c2cccc(N(c3ccc(-c4cccc5c4oc4ccccc45)cc3)c3cc4ccccc4c4ccccc34)c2)cc(-c2ccccc2-n2c3ccccc3c3ccccc32)c1. The van der Waals surface area contributed by atoms with Crippen LogP contribution in [-0.4, -0.2) is 4.57 Å². The maximum absolute atomic E-state index is 6.48. The van der Waals surface area contributed by atoms with Gasteiger partial charge in [-0.05, 0) is 99.1 Å². The van der Waals surface area contributed by atoms with E-state index in [2.05, 4.69) is 240 Å². The second-order valence-electron chi connectivity index (χ2n) is 16.8. The van der Waals surface area contributed by atoms with E-state index in [1.807, 2.05) is 12.1 Å². The molecule has 3 heteroatoms. The van der Waals surface area contributed by atoms with Gasteiger partial charge in [0, 0.05) is 49.4 Å². The first-order valence-electron chi connectivity index (χ1n) is 22.2. The van der Waals surface area contributed by atoms with E-state index in [1.54, 1.807) is 0 Å². The van der Waals surface area contributed by atoms with Crippen molar-refractivity contribution in [3.8, 4) is 39.1 Å². The maximum Gasteiger partial charge on any atom is 0.143 e. The molecule has 0 aliphatic carbocycles. The molecular weight excluding hydrogens is 789 g/mol. The minimum atomic E-state index is 0.902. The number of benzene rings is 11. The van der Waals surface area contributed by atoms with Gasteiger partial charge in [-0.3, -0.25) is 0 Å². The Morgan fingerprint density at radius 3 is 1.69 bits per heavy atom. The smallest absolute Gasteiger partial charge is 0.143 e. The van der Waals surface area contributed by atoms with Gasteiger partial charge >= 0.3 is 0 Å².